The monoisotopic (exact) mass is 433 g/mol. The number of hydrogen-bond donors (Lipinski definition) is 1. The van der Waals surface area contributed by atoms with E-state index < -0.39 is 0 Å². The van der Waals surface area contributed by atoms with Crippen LogP contribution in [0.2, 0.25) is 0 Å². The minimum absolute atomic E-state index is 0.133. The van der Waals surface area contributed by atoms with Gasteiger partial charge in [-0.15, -0.1) is 11.3 Å². The summed E-state index contributed by atoms with van der Waals surface area (Å²) in [6.45, 7) is 3.25. The number of hydrogen-bond acceptors (Lipinski definition) is 6. The first-order chi connectivity index (χ1) is 15.3. The average Bonchev–Trinajstić information content (AvgIpc) is 3.52. The molecule has 2 aromatic heterocycles. The highest BCUT2D eigenvalue weighted by Gasteiger charge is 2.34. The fraction of sp³-hybridized carbons (Fsp3) is 0.375. The van der Waals surface area contributed by atoms with E-state index in [0.717, 1.165) is 31.6 Å². The Kier molecular flexibility index (Phi) is 5.95. The minimum atomic E-state index is -0.133. The summed E-state index contributed by atoms with van der Waals surface area (Å²) in [5.74, 6) is -0.133. The van der Waals surface area contributed by atoms with Crippen molar-refractivity contribution in [1.29, 1.82) is 0 Å². The van der Waals surface area contributed by atoms with Crippen LogP contribution in [0.15, 0.2) is 60.4 Å². The molecule has 6 nitrogen and oxygen atoms in total. The lowest BCUT2D eigenvalue weighted by atomic mass is 10.0. The van der Waals surface area contributed by atoms with Crippen molar-refractivity contribution in [2.75, 3.05) is 29.9 Å². The van der Waals surface area contributed by atoms with Gasteiger partial charge in [0, 0.05) is 54.5 Å². The van der Waals surface area contributed by atoms with Crippen LogP contribution in [0.1, 0.15) is 47.1 Å². The Morgan fingerprint density at radius 3 is 2.74 bits per heavy atom. The van der Waals surface area contributed by atoms with Crippen LogP contribution in [0.5, 0.6) is 0 Å². The number of amides is 1. The Morgan fingerprint density at radius 1 is 1.06 bits per heavy atom. The van der Waals surface area contributed by atoms with Crippen LogP contribution in [-0.2, 0) is 0 Å². The first-order valence-corrected chi connectivity index (χ1v) is 11.9. The summed E-state index contributed by atoms with van der Waals surface area (Å²) in [7, 11) is 0. The SMILES string of the molecule is O=C(Nc1cccc(N2CCC(N3CCCC3c3nccs3)CC2)c1)c1cccnc1. The number of thiazole rings is 1. The molecule has 160 valence electrons. The second kappa shape index (κ2) is 9.16. The number of piperidine rings is 1. The van der Waals surface area contributed by atoms with Crippen molar-refractivity contribution in [1.82, 2.24) is 14.9 Å². The molecule has 2 saturated heterocycles. The number of aromatic nitrogens is 2. The van der Waals surface area contributed by atoms with Crippen molar-refractivity contribution in [2.45, 2.75) is 37.8 Å². The Morgan fingerprint density at radius 2 is 1.97 bits per heavy atom. The molecule has 1 unspecified atom stereocenters. The van der Waals surface area contributed by atoms with E-state index in [2.05, 4.69) is 42.6 Å². The van der Waals surface area contributed by atoms with Crippen molar-refractivity contribution in [3.63, 3.8) is 0 Å². The summed E-state index contributed by atoms with van der Waals surface area (Å²) < 4.78 is 0. The van der Waals surface area contributed by atoms with Gasteiger partial charge >= 0.3 is 0 Å². The molecule has 0 saturated carbocycles. The molecule has 0 bridgehead atoms. The Bertz CT molecular complexity index is 1000. The van der Waals surface area contributed by atoms with Gasteiger partial charge < -0.3 is 10.2 Å². The lowest BCUT2D eigenvalue weighted by molar-refractivity contribution is 0.102. The Hall–Kier alpha value is -2.77. The van der Waals surface area contributed by atoms with E-state index in [0.29, 0.717) is 17.6 Å². The molecule has 0 aliphatic carbocycles. The first kappa shape index (κ1) is 20.2. The topological polar surface area (TPSA) is 61.4 Å². The van der Waals surface area contributed by atoms with Gasteiger partial charge in [0.15, 0.2) is 0 Å². The number of nitrogens with one attached hydrogen (secondary N) is 1. The quantitative estimate of drug-likeness (QED) is 0.637. The third-order valence-corrected chi connectivity index (χ3v) is 7.23. The molecule has 31 heavy (non-hydrogen) atoms. The minimum Gasteiger partial charge on any atom is -0.371 e. The number of nitrogens with zero attached hydrogens (tertiary/aromatic N) is 4. The molecule has 2 aliphatic rings. The van der Waals surface area contributed by atoms with Crippen LogP contribution in [-0.4, -0.2) is 46.5 Å². The number of benzene rings is 1. The molecule has 3 aromatic rings. The van der Waals surface area contributed by atoms with Gasteiger partial charge in [0.05, 0.1) is 11.6 Å². The molecular formula is C24H27N5OS. The predicted octanol–water partition coefficient (Wildman–Crippen LogP) is 4.60. The fourth-order valence-corrected chi connectivity index (χ4v) is 5.62. The van der Waals surface area contributed by atoms with Crippen molar-refractivity contribution in [3.8, 4) is 0 Å². The van der Waals surface area contributed by atoms with Gasteiger partial charge in [-0.2, -0.15) is 0 Å². The molecule has 1 aromatic carbocycles. The average molecular weight is 434 g/mol. The third kappa shape index (κ3) is 4.48. The van der Waals surface area contributed by atoms with Gasteiger partial charge in [-0.3, -0.25) is 14.7 Å². The number of pyridine rings is 1. The molecule has 5 rings (SSSR count). The maximum Gasteiger partial charge on any atom is 0.257 e. The zero-order chi connectivity index (χ0) is 21.0. The van der Waals surface area contributed by atoms with Gasteiger partial charge in [-0.05, 0) is 62.6 Å². The van der Waals surface area contributed by atoms with Crippen molar-refractivity contribution in [3.05, 3.63) is 70.9 Å². The lowest BCUT2D eigenvalue weighted by Crippen LogP contribution is -2.44. The summed E-state index contributed by atoms with van der Waals surface area (Å²) in [6.07, 6.45) is 10.0. The van der Waals surface area contributed by atoms with Crippen LogP contribution in [0.4, 0.5) is 11.4 Å². The van der Waals surface area contributed by atoms with E-state index in [4.69, 9.17) is 0 Å². The summed E-state index contributed by atoms with van der Waals surface area (Å²) in [5, 5.41) is 6.36. The zero-order valence-corrected chi connectivity index (χ0v) is 18.3. The highest BCUT2D eigenvalue weighted by molar-refractivity contribution is 7.09. The molecule has 7 heteroatoms. The zero-order valence-electron chi connectivity index (χ0n) is 17.5. The van der Waals surface area contributed by atoms with E-state index >= 15 is 0 Å². The van der Waals surface area contributed by atoms with Gasteiger partial charge in [0.25, 0.3) is 5.91 Å². The standard InChI is InChI=1S/C24H27N5OS/c30-23(18-4-2-10-25-17-18)27-19-5-1-6-21(16-19)28-13-8-20(9-14-28)29-12-3-7-22(29)24-26-11-15-31-24/h1-2,4-6,10-11,15-17,20,22H,3,7-9,12-14H2,(H,27,30). The van der Waals surface area contributed by atoms with Crippen molar-refractivity contribution in [2.24, 2.45) is 0 Å². The smallest absolute Gasteiger partial charge is 0.257 e. The molecule has 2 fully saturated rings. The molecule has 0 spiro atoms. The molecule has 2 aliphatic heterocycles. The molecule has 0 radical (unpaired) electrons. The summed E-state index contributed by atoms with van der Waals surface area (Å²) in [6, 6.07) is 12.8. The Balaban J connectivity index is 1.21. The van der Waals surface area contributed by atoms with E-state index in [1.807, 2.05) is 18.3 Å². The second-order valence-corrected chi connectivity index (χ2v) is 9.16. The summed E-state index contributed by atoms with van der Waals surface area (Å²) >= 11 is 1.79. The highest BCUT2D eigenvalue weighted by atomic mass is 32.1. The molecular weight excluding hydrogens is 406 g/mol. The Labute approximate surface area is 186 Å². The first-order valence-electron chi connectivity index (χ1n) is 11.0. The number of rotatable bonds is 5. The van der Waals surface area contributed by atoms with Crippen molar-refractivity contribution >= 4 is 28.6 Å². The number of carbonyl (C=O) groups is 1. The van der Waals surface area contributed by atoms with Crippen LogP contribution < -0.4 is 10.2 Å². The molecule has 1 atom stereocenters. The van der Waals surface area contributed by atoms with Gasteiger partial charge in [-0.1, -0.05) is 6.07 Å². The van der Waals surface area contributed by atoms with Crippen LogP contribution >= 0.6 is 11.3 Å². The summed E-state index contributed by atoms with van der Waals surface area (Å²) in [4.78, 5) is 26.2. The molecule has 1 N–H and O–H groups in total. The van der Waals surface area contributed by atoms with E-state index in [1.165, 1.54) is 30.1 Å². The lowest BCUT2D eigenvalue weighted by Gasteiger charge is -2.40. The van der Waals surface area contributed by atoms with Gasteiger partial charge in [0.2, 0.25) is 0 Å². The van der Waals surface area contributed by atoms with E-state index in [1.54, 1.807) is 35.9 Å². The van der Waals surface area contributed by atoms with Crippen LogP contribution in [0.3, 0.4) is 0 Å². The van der Waals surface area contributed by atoms with Crippen LogP contribution in [0, 0.1) is 0 Å². The maximum atomic E-state index is 12.4. The number of likely N-dealkylation sites (tertiary alicyclic amines) is 1. The highest BCUT2D eigenvalue weighted by Crippen LogP contribution is 2.37. The molecule has 1 amide bonds. The third-order valence-electron chi connectivity index (χ3n) is 6.36. The number of carbonyl (C=O) groups excluding carboxylic acids is 1. The maximum absolute atomic E-state index is 12.4. The van der Waals surface area contributed by atoms with E-state index in [-0.39, 0.29) is 5.91 Å². The fourth-order valence-electron chi connectivity index (χ4n) is 4.83. The largest absolute Gasteiger partial charge is 0.371 e. The molecule has 4 heterocycles. The van der Waals surface area contributed by atoms with E-state index in [9.17, 15) is 4.79 Å². The number of anilines is 2. The second-order valence-electron chi connectivity index (χ2n) is 8.23. The normalized spacial score (nSPS) is 20.1. The van der Waals surface area contributed by atoms with Crippen molar-refractivity contribution < 1.29 is 4.79 Å². The van der Waals surface area contributed by atoms with Crippen LogP contribution in [0.25, 0.3) is 0 Å². The predicted molar refractivity (Wildman–Crippen MR) is 125 cm³/mol. The van der Waals surface area contributed by atoms with Gasteiger partial charge in [0.1, 0.15) is 5.01 Å². The van der Waals surface area contributed by atoms with Gasteiger partial charge in [-0.25, -0.2) is 4.98 Å². The summed E-state index contributed by atoms with van der Waals surface area (Å²) in [5.41, 5.74) is 2.55.